The molecule has 1 atom stereocenters. The molecule has 1 unspecified atom stereocenters. The summed E-state index contributed by atoms with van der Waals surface area (Å²) in [4.78, 5) is 0.983. The van der Waals surface area contributed by atoms with Crippen LogP contribution < -0.4 is 0 Å². The van der Waals surface area contributed by atoms with E-state index in [0.717, 1.165) is 19.3 Å². The summed E-state index contributed by atoms with van der Waals surface area (Å²) in [5.74, 6) is 2.62. The third kappa shape index (κ3) is 5.28. The second-order valence-electron chi connectivity index (χ2n) is 6.70. The Labute approximate surface area is 186 Å². The van der Waals surface area contributed by atoms with Crippen LogP contribution in [0.2, 0.25) is 0 Å². The number of nitrogens with zero attached hydrogens (tertiary/aromatic N) is 4. The molecule has 0 bridgehead atoms. The lowest BCUT2D eigenvalue weighted by Gasteiger charge is -2.06. The number of thioether (sulfide) groups is 2. The van der Waals surface area contributed by atoms with Gasteiger partial charge in [0.25, 0.3) is 5.89 Å². The molecule has 150 valence electrons. The summed E-state index contributed by atoms with van der Waals surface area (Å²) in [5.41, 5.74) is 2.66. The molecule has 0 saturated heterocycles. The van der Waals surface area contributed by atoms with E-state index in [-0.39, 0.29) is 5.25 Å². The van der Waals surface area contributed by atoms with E-state index in [2.05, 4.69) is 58.5 Å². The first-order valence-electron chi connectivity index (χ1n) is 9.17. The van der Waals surface area contributed by atoms with Gasteiger partial charge in [0.05, 0.1) is 10.1 Å². The topological polar surface area (TPSA) is 64.7 Å². The lowest BCUT2D eigenvalue weighted by atomic mass is 10.0. The van der Waals surface area contributed by atoms with Crippen LogP contribution in [-0.4, -0.2) is 20.4 Å². The first-order chi connectivity index (χ1) is 14.1. The van der Waals surface area contributed by atoms with E-state index in [1.54, 1.807) is 46.2 Å². The minimum atomic E-state index is 0.0191. The monoisotopic (exact) mass is 460 g/mol. The van der Waals surface area contributed by atoms with E-state index < -0.39 is 0 Å². The van der Waals surface area contributed by atoms with E-state index in [1.165, 1.54) is 11.1 Å². The molecule has 0 fully saturated rings. The molecule has 0 saturated carbocycles. The molecule has 5 nitrogen and oxygen atoms in total. The largest absolute Gasteiger partial charge is 0.419 e. The quantitative estimate of drug-likeness (QED) is 0.264. The van der Waals surface area contributed by atoms with Crippen LogP contribution in [0.4, 0.5) is 0 Å². The molecule has 3 heterocycles. The lowest BCUT2D eigenvalue weighted by molar-refractivity contribution is 0.510. The van der Waals surface area contributed by atoms with E-state index in [0.29, 0.717) is 17.7 Å². The highest BCUT2D eigenvalue weighted by molar-refractivity contribution is 8.03. The summed E-state index contributed by atoms with van der Waals surface area (Å²) < 4.78 is 7.70. The molecule has 1 aromatic carbocycles. The molecule has 0 N–H and O–H groups in total. The molecule has 0 amide bonds. The highest BCUT2D eigenvalue weighted by Gasteiger charge is 2.19. The summed E-state index contributed by atoms with van der Waals surface area (Å²) in [6.45, 7) is 6.46. The zero-order valence-electron chi connectivity index (χ0n) is 16.2. The first-order valence-corrected chi connectivity index (χ1v) is 12.7. The van der Waals surface area contributed by atoms with Gasteiger partial charge in [-0.1, -0.05) is 79.0 Å². The molecule has 4 rings (SSSR count). The first kappa shape index (κ1) is 20.6. The zero-order valence-corrected chi connectivity index (χ0v) is 19.5. The van der Waals surface area contributed by atoms with E-state index >= 15 is 0 Å². The summed E-state index contributed by atoms with van der Waals surface area (Å²) in [6.07, 6.45) is 0. The van der Waals surface area contributed by atoms with Crippen molar-refractivity contribution in [2.24, 2.45) is 0 Å². The molecule has 29 heavy (non-hydrogen) atoms. The van der Waals surface area contributed by atoms with Crippen molar-refractivity contribution in [3.05, 3.63) is 58.8 Å². The average molecular weight is 461 g/mol. The van der Waals surface area contributed by atoms with Gasteiger partial charge in [0.1, 0.15) is 0 Å². The lowest BCUT2D eigenvalue weighted by Crippen LogP contribution is -1.88. The Hall–Kier alpha value is -1.68. The van der Waals surface area contributed by atoms with Crippen LogP contribution in [0, 0.1) is 0 Å². The predicted octanol–water partition coefficient (Wildman–Crippen LogP) is 6.92. The second-order valence-corrected chi connectivity index (χ2v) is 11.4. The summed E-state index contributed by atoms with van der Waals surface area (Å²) in [7, 11) is 0. The smallest absolute Gasteiger partial charge is 0.257 e. The SMILES string of the molecule is CC(C)c1ccc(CSc2nnc(SC(C)c3nnc(-c4cccs4)o3)s2)cc1. The van der Waals surface area contributed by atoms with E-state index in [9.17, 15) is 0 Å². The third-order valence-electron chi connectivity index (χ3n) is 4.19. The predicted molar refractivity (Wildman–Crippen MR) is 122 cm³/mol. The maximum Gasteiger partial charge on any atom is 0.257 e. The minimum absolute atomic E-state index is 0.0191. The second kappa shape index (κ2) is 9.42. The highest BCUT2D eigenvalue weighted by Crippen LogP contribution is 2.39. The van der Waals surface area contributed by atoms with Crippen LogP contribution >= 0.6 is 46.2 Å². The van der Waals surface area contributed by atoms with Gasteiger partial charge in [-0.25, -0.2) is 0 Å². The van der Waals surface area contributed by atoms with Gasteiger partial charge in [-0.05, 0) is 35.4 Å². The van der Waals surface area contributed by atoms with Crippen LogP contribution in [0.25, 0.3) is 10.8 Å². The Kier molecular flexibility index (Phi) is 6.69. The van der Waals surface area contributed by atoms with Crippen molar-refractivity contribution >= 4 is 46.2 Å². The summed E-state index contributed by atoms with van der Waals surface area (Å²) >= 11 is 6.50. The van der Waals surface area contributed by atoms with Crippen molar-refractivity contribution in [2.45, 2.75) is 46.4 Å². The van der Waals surface area contributed by atoms with Crippen molar-refractivity contribution < 1.29 is 4.42 Å². The Balaban J connectivity index is 1.33. The van der Waals surface area contributed by atoms with Gasteiger partial charge in [-0.2, -0.15) is 0 Å². The van der Waals surface area contributed by atoms with Gasteiger partial charge < -0.3 is 4.42 Å². The zero-order chi connectivity index (χ0) is 20.2. The van der Waals surface area contributed by atoms with Gasteiger partial charge in [-0.3, -0.25) is 0 Å². The van der Waals surface area contributed by atoms with Crippen molar-refractivity contribution in [3.63, 3.8) is 0 Å². The molecule has 3 aromatic heterocycles. The van der Waals surface area contributed by atoms with Crippen molar-refractivity contribution in [2.75, 3.05) is 0 Å². The molecular weight excluding hydrogens is 441 g/mol. The molecular formula is C20H20N4OS4. The highest BCUT2D eigenvalue weighted by atomic mass is 32.2. The Morgan fingerprint density at radius 2 is 1.76 bits per heavy atom. The molecule has 0 aliphatic rings. The fourth-order valence-electron chi connectivity index (χ4n) is 2.55. The fraction of sp³-hybridized carbons (Fsp3) is 0.300. The average Bonchev–Trinajstić information content (AvgIpc) is 3.47. The van der Waals surface area contributed by atoms with Gasteiger partial charge in [0, 0.05) is 5.75 Å². The van der Waals surface area contributed by atoms with Crippen LogP contribution in [-0.2, 0) is 5.75 Å². The van der Waals surface area contributed by atoms with Gasteiger partial charge >= 0.3 is 0 Å². The molecule has 0 aliphatic heterocycles. The molecule has 0 spiro atoms. The van der Waals surface area contributed by atoms with Crippen molar-refractivity contribution in [3.8, 4) is 10.8 Å². The Morgan fingerprint density at radius 1 is 0.966 bits per heavy atom. The Morgan fingerprint density at radius 3 is 2.48 bits per heavy atom. The maximum atomic E-state index is 5.82. The number of hydrogen-bond donors (Lipinski definition) is 0. The number of aromatic nitrogens is 4. The summed E-state index contributed by atoms with van der Waals surface area (Å²) in [6, 6.07) is 12.8. The van der Waals surface area contributed by atoms with Crippen molar-refractivity contribution in [1.82, 2.24) is 20.4 Å². The number of thiophene rings is 1. The fourth-order valence-corrected chi connectivity index (χ4v) is 6.34. The van der Waals surface area contributed by atoms with Crippen LogP contribution in [0.15, 0.2) is 54.9 Å². The van der Waals surface area contributed by atoms with Gasteiger partial charge in [0.2, 0.25) is 5.89 Å². The molecule has 0 radical (unpaired) electrons. The number of hydrogen-bond acceptors (Lipinski definition) is 9. The molecule has 9 heteroatoms. The number of rotatable bonds is 8. The Bertz CT molecular complexity index is 1040. The minimum Gasteiger partial charge on any atom is -0.419 e. The van der Waals surface area contributed by atoms with Gasteiger partial charge in [0.15, 0.2) is 8.68 Å². The maximum absolute atomic E-state index is 5.82. The van der Waals surface area contributed by atoms with Crippen LogP contribution in [0.3, 0.4) is 0 Å². The van der Waals surface area contributed by atoms with E-state index in [1.807, 2.05) is 24.4 Å². The number of benzene rings is 1. The normalized spacial score (nSPS) is 12.6. The van der Waals surface area contributed by atoms with Gasteiger partial charge in [-0.15, -0.1) is 31.7 Å². The van der Waals surface area contributed by atoms with Crippen molar-refractivity contribution in [1.29, 1.82) is 0 Å². The third-order valence-corrected chi connectivity index (χ3v) is 8.35. The standard InChI is InChI=1S/C20H20N4OS4/c1-12(2)15-8-6-14(7-9-15)11-27-19-23-24-20(29-19)28-13(3)17-21-22-18(25-17)16-5-4-10-26-16/h4-10,12-13H,11H2,1-3H3. The van der Waals surface area contributed by atoms with E-state index in [4.69, 9.17) is 4.42 Å². The molecule has 4 aromatic rings. The van der Waals surface area contributed by atoms with Crippen LogP contribution in [0.1, 0.15) is 49.0 Å². The molecule has 0 aliphatic carbocycles. The summed E-state index contributed by atoms with van der Waals surface area (Å²) in [5, 5.41) is 19.0. The van der Waals surface area contributed by atoms with Crippen LogP contribution in [0.5, 0.6) is 0 Å².